The van der Waals surface area contributed by atoms with Crippen LogP contribution in [0.25, 0.3) is 6.08 Å². The first kappa shape index (κ1) is 19.2. The molecule has 1 aliphatic rings. The van der Waals surface area contributed by atoms with Gasteiger partial charge in [0.2, 0.25) is 0 Å². The van der Waals surface area contributed by atoms with E-state index in [-0.39, 0.29) is 23.5 Å². The van der Waals surface area contributed by atoms with E-state index in [0.29, 0.717) is 24.3 Å². The number of carbonyl (C=O) groups is 1. The summed E-state index contributed by atoms with van der Waals surface area (Å²) in [6, 6.07) is 16.4. The molecule has 5 nitrogen and oxygen atoms in total. The monoisotopic (exact) mass is 385 g/mol. The van der Waals surface area contributed by atoms with E-state index in [1.165, 1.54) is 0 Å². The fourth-order valence-electron chi connectivity index (χ4n) is 3.18. The van der Waals surface area contributed by atoms with Crippen LogP contribution in [-0.4, -0.2) is 50.4 Å². The Balaban J connectivity index is 1.80. The van der Waals surface area contributed by atoms with Crippen LogP contribution >= 0.6 is 0 Å². The van der Waals surface area contributed by atoms with Gasteiger partial charge in [-0.25, -0.2) is 8.42 Å². The summed E-state index contributed by atoms with van der Waals surface area (Å²) in [6.45, 7) is 0.361. The molecule has 1 unspecified atom stereocenters. The number of ether oxygens (including phenoxy) is 1. The van der Waals surface area contributed by atoms with Gasteiger partial charge in [-0.05, 0) is 36.2 Å². The van der Waals surface area contributed by atoms with Gasteiger partial charge < -0.3 is 9.64 Å². The lowest BCUT2D eigenvalue weighted by atomic mass is 10.1. The van der Waals surface area contributed by atoms with Crippen molar-refractivity contribution in [3.05, 3.63) is 71.8 Å². The lowest BCUT2D eigenvalue weighted by Crippen LogP contribution is -2.41. The van der Waals surface area contributed by atoms with Gasteiger partial charge in [0.25, 0.3) is 5.91 Å². The zero-order valence-corrected chi connectivity index (χ0v) is 16.1. The highest BCUT2D eigenvalue weighted by atomic mass is 32.2. The van der Waals surface area contributed by atoms with Crippen LogP contribution in [0.5, 0.6) is 5.75 Å². The summed E-state index contributed by atoms with van der Waals surface area (Å²) in [6.07, 6.45) is 4.32. The third-order valence-electron chi connectivity index (χ3n) is 4.66. The highest BCUT2D eigenvalue weighted by Crippen LogP contribution is 2.21. The average Bonchev–Trinajstić information content (AvgIpc) is 3.05. The van der Waals surface area contributed by atoms with Crippen LogP contribution in [0.4, 0.5) is 0 Å². The van der Waals surface area contributed by atoms with E-state index in [1.807, 2.05) is 42.5 Å². The molecule has 0 spiro atoms. The minimum Gasteiger partial charge on any atom is -0.497 e. The maximum Gasteiger partial charge on any atom is 0.254 e. The summed E-state index contributed by atoms with van der Waals surface area (Å²) in [5.74, 6) is 0.656. The maximum atomic E-state index is 13.0. The third-order valence-corrected chi connectivity index (χ3v) is 6.41. The van der Waals surface area contributed by atoms with E-state index in [0.717, 1.165) is 5.56 Å². The Labute approximate surface area is 160 Å². The first-order valence-electron chi connectivity index (χ1n) is 8.85. The molecule has 0 N–H and O–H groups in total. The second kappa shape index (κ2) is 8.39. The minimum absolute atomic E-state index is 0.0219. The predicted octanol–water partition coefficient (Wildman–Crippen LogP) is 3.04. The standard InChI is InChI=1S/C21H23NO4S/c1-26-20-11-9-18(10-12-20)21(23)22(19-13-15-27(24,25)16-19)14-5-8-17-6-3-2-4-7-17/h2-12,19H,13-16H2,1H3. The van der Waals surface area contributed by atoms with Crippen molar-refractivity contribution in [1.29, 1.82) is 0 Å². The molecule has 0 bridgehead atoms. The number of sulfone groups is 1. The Morgan fingerprint density at radius 2 is 1.85 bits per heavy atom. The highest BCUT2D eigenvalue weighted by molar-refractivity contribution is 7.91. The molecule has 6 heteroatoms. The molecule has 142 valence electrons. The number of methoxy groups -OCH3 is 1. The molecule has 27 heavy (non-hydrogen) atoms. The largest absolute Gasteiger partial charge is 0.497 e. The van der Waals surface area contributed by atoms with Crippen LogP contribution in [0.2, 0.25) is 0 Å². The number of benzene rings is 2. The average molecular weight is 385 g/mol. The number of hydrogen-bond acceptors (Lipinski definition) is 4. The summed E-state index contributed by atoms with van der Waals surface area (Å²) in [7, 11) is -1.51. The molecule has 0 aromatic heterocycles. The summed E-state index contributed by atoms with van der Waals surface area (Å²) >= 11 is 0. The van der Waals surface area contributed by atoms with E-state index in [1.54, 1.807) is 36.3 Å². The van der Waals surface area contributed by atoms with Crippen LogP contribution in [0.3, 0.4) is 0 Å². The summed E-state index contributed by atoms with van der Waals surface area (Å²) < 4.78 is 29.0. The Kier molecular flexibility index (Phi) is 5.96. The maximum absolute atomic E-state index is 13.0. The molecule has 1 amide bonds. The van der Waals surface area contributed by atoms with Crippen molar-refractivity contribution in [3.63, 3.8) is 0 Å². The Bertz CT molecular complexity index is 905. The number of rotatable bonds is 6. The quantitative estimate of drug-likeness (QED) is 0.767. The fraction of sp³-hybridized carbons (Fsp3) is 0.286. The first-order valence-corrected chi connectivity index (χ1v) is 10.7. The number of carbonyl (C=O) groups excluding carboxylic acids is 1. The molecule has 0 aliphatic carbocycles. The molecular weight excluding hydrogens is 362 g/mol. The third kappa shape index (κ3) is 4.98. The van der Waals surface area contributed by atoms with E-state index >= 15 is 0 Å². The number of amides is 1. The Morgan fingerprint density at radius 3 is 2.44 bits per heavy atom. The molecule has 1 aliphatic heterocycles. The normalized spacial score (nSPS) is 18.5. The van der Waals surface area contributed by atoms with Crippen LogP contribution in [-0.2, 0) is 9.84 Å². The minimum atomic E-state index is -3.08. The topological polar surface area (TPSA) is 63.7 Å². The molecule has 3 rings (SSSR count). The highest BCUT2D eigenvalue weighted by Gasteiger charge is 2.34. The van der Waals surface area contributed by atoms with Gasteiger partial charge >= 0.3 is 0 Å². The molecule has 0 radical (unpaired) electrons. The van der Waals surface area contributed by atoms with Gasteiger partial charge in [-0.1, -0.05) is 42.5 Å². The van der Waals surface area contributed by atoms with Gasteiger partial charge in [0.05, 0.1) is 18.6 Å². The van der Waals surface area contributed by atoms with Gasteiger partial charge in [-0.15, -0.1) is 0 Å². The lowest BCUT2D eigenvalue weighted by molar-refractivity contribution is 0.0721. The molecular formula is C21H23NO4S. The van der Waals surface area contributed by atoms with Crippen molar-refractivity contribution in [2.45, 2.75) is 12.5 Å². The van der Waals surface area contributed by atoms with Crippen molar-refractivity contribution in [1.82, 2.24) is 4.90 Å². The second-order valence-electron chi connectivity index (χ2n) is 6.56. The van der Waals surface area contributed by atoms with Crippen molar-refractivity contribution < 1.29 is 17.9 Å². The van der Waals surface area contributed by atoms with Gasteiger partial charge in [0.15, 0.2) is 9.84 Å². The molecule has 1 atom stereocenters. The summed E-state index contributed by atoms with van der Waals surface area (Å²) in [4.78, 5) is 14.7. The van der Waals surface area contributed by atoms with Gasteiger partial charge in [-0.3, -0.25) is 4.79 Å². The van der Waals surface area contributed by atoms with Crippen LogP contribution in [0, 0.1) is 0 Å². The predicted molar refractivity (Wildman–Crippen MR) is 107 cm³/mol. The van der Waals surface area contributed by atoms with Crippen molar-refractivity contribution >= 4 is 21.8 Å². The SMILES string of the molecule is COc1ccc(C(=O)N(CC=Cc2ccccc2)C2CCS(=O)(=O)C2)cc1. The van der Waals surface area contributed by atoms with E-state index in [9.17, 15) is 13.2 Å². The zero-order chi connectivity index (χ0) is 19.3. The van der Waals surface area contributed by atoms with Gasteiger partial charge in [0, 0.05) is 18.2 Å². The van der Waals surface area contributed by atoms with Crippen LogP contribution < -0.4 is 4.74 Å². The molecule has 1 fully saturated rings. The van der Waals surface area contributed by atoms with Crippen molar-refractivity contribution in [2.75, 3.05) is 25.2 Å². The molecule has 0 saturated carbocycles. The molecule has 1 saturated heterocycles. The molecule has 1 heterocycles. The van der Waals surface area contributed by atoms with Crippen LogP contribution in [0.1, 0.15) is 22.3 Å². The number of nitrogens with zero attached hydrogens (tertiary/aromatic N) is 1. The molecule has 2 aromatic rings. The fourth-order valence-corrected chi connectivity index (χ4v) is 4.92. The molecule has 2 aromatic carbocycles. The summed E-state index contributed by atoms with van der Waals surface area (Å²) in [5.41, 5.74) is 1.56. The number of hydrogen-bond donors (Lipinski definition) is 0. The van der Waals surface area contributed by atoms with Gasteiger partial charge in [-0.2, -0.15) is 0 Å². The first-order chi connectivity index (χ1) is 13.0. The van der Waals surface area contributed by atoms with Crippen LogP contribution in [0.15, 0.2) is 60.7 Å². The second-order valence-corrected chi connectivity index (χ2v) is 8.78. The van der Waals surface area contributed by atoms with E-state index < -0.39 is 9.84 Å². The van der Waals surface area contributed by atoms with E-state index in [2.05, 4.69) is 0 Å². The summed E-state index contributed by atoms with van der Waals surface area (Å²) in [5, 5.41) is 0. The smallest absolute Gasteiger partial charge is 0.254 e. The van der Waals surface area contributed by atoms with Crippen molar-refractivity contribution in [3.8, 4) is 5.75 Å². The Hall–Kier alpha value is -2.60. The lowest BCUT2D eigenvalue weighted by Gasteiger charge is -2.27. The van der Waals surface area contributed by atoms with Crippen molar-refractivity contribution in [2.24, 2.45) is 0 Å². The van der Waals surface area contributed by atoms with Gasteiger partial charge in [0.1, 0.15) is 5.75 Å². The Morgan fingerprint density at radius 1 is 1.15 bits per heavy atom. The zero-order valence-electron chi connectivity index (χ0n) is 15.2. The van der Waals surface area contributed by atoms with E-state index in [4.69, 9.17) is 4.74 Å².